The fraction of sp³-hybridized carbons (Fsp3) is 0.133. The van der Waals surface area contributed by atoms with Crippen molar-refractivity contribution >= 4 is 23.5 Å². The van der Waals surface area contributed by atoms with Gasteiger partial charge in [-0.25, -0.2) is 4.39 Å². The van der Waals surface area contributed by atoms with Crippen molar-refractivity contribution in [3.8, 4) is 5.69 Å². The minimum absolute atomic E-state index is 0.166. The van der Waals surface area contributed by atoms with E-state index in [1.54, 1.807) is 29.1 Å². The molecule has 3 N–H and O–H groups in total. The van der Waals surface area contributed by atoms with Crippen LogP contribution in [0.15, 0.2) is 52.8 Å². The zero-order valence-electron chi connectivity index (χ0n) is 12.0. The largest absolute Gasteiger partial charge is 0.351 e. The van der Waals surface area contributed by atoms with Gasteiger partial charge < -0.3 is 15.7 Å². The summed E-state index contributed by atoms with van der Waals surface area (Å²) in [5.41, 5.74) is 1.25. The molecular formula is C15H16FN5O. The molecule has 0 radical (unpaired) electrons. The zero-order chi connectivity index (χ0) is 15.9. The van der Waals surface area contributed by atoms with Gasteiger partial charge in [0.25, 0.3) is 0 Å². The highest BCUT2D eigenvalue weighted by Gasteiger charge is 2.04. The van der Waals surface area contributed by atoms with Crippen molar-refractivity contribution in [2.24, 2.45) is 15.9 Å². The highest BCUT2D eigenvalue weighted by atomic mass is 19.1. The molecular weight excluding hydrogens is 285 g/mol. The molecule has 114 valence electrons. The maximum atomic E-state index is 14.1. The Morgan fingerprint density at radius 3 is 2.73 bits per heavy atom. The quantitative estimate of drug-likeness (QED) is 0.501. The molecule has 0 fully saturated rings. The summed E-state index contributed by atoms with van der Waals surface area (Å²) in [6, 6.07) is 8.27. The lowest BCUT2D eigenvalue weighted by atomic mass is 10.2. The molecule has 7 heteroatoms. The minimum atomic E-state index is -0.390. The number of hydrogen-bond donors (Lipinski definition) is 2. The molecule has 6 nitrogen and oxygen atoms in total. The van der Waals surface area contributed by atoms with Crippen LogP contribution in [0.2, 0.25) is 0 Å². The third kappa shape index (κ3) is 4.02. The number of nitrogens with zero attached hydrogens (tertiary/aromatic N) is 3. The van der Waals surface area contributed by atoms with Crippen LogP contribution in [0.1, 0.15) is 6.92 Å². The van der Waals surface area contributed by atoms with E-state index in [1.165, 1.54) is 19.2 Å². The topological polar surface area (TPSA) is 84.8 Å². The number of carbonyl (C=O) groups is 1. The lowest BCUT2D eigenvalue weighted by Gasteiger charge is -2.05. The summed E-state index contributed by atoms with van der Waals surface area (Å²) in [5, 5.41) is 6.06. The van der Waals surface area contributed by atoms with Crippen LogP contribution in [-0.2, 0) is 4.79 Å². The second-order valence-electron chi connectivity index (χ2n) is 4.51. The highest BCUT2D eigenvalue weighted by Crippen LogP contribution is 2.20. The third-order valence-corrected chi connectivity index (χ3v) is 2.86. The summed E-state index contributed by atoms with van der Waals surface area (Å²) >= 11 is 0. The van der Waals surface area contributed by atoms with Crippen LogP contribution in [0.4, 0.5) is 10.1 Å². The van der Waals surface area contributed by atoms with E-state index in [9.17, 15) is 9.18 Å². The van der Waals surface area contributed by atoms with Crippen molar-refractivity contribution in [2.75, 3.05) is 6.54 Å². The predicted octanol–water partition coefficient (Wildman–Crippen LogP) is 1.77. The number of nitrogens with one attached hydrogen (secondary N) is 1. The van der Waals surface area contributed by atoms with Gasteiger partial charge in [-0.3, -0.25) is 9.79 Å². The molecule has 0 unspecified atom stereocenters. The lowest BCUT2D eigenvalue weighted by Crippen LogP contribution is -2.28. The smallest absolute Gasteiger partial charge is 0.217 e. The van der Waals surface area contributed by atoms with E-state index < -0.39 is 0 Å². The normalized spacial score (nSPS) is 11.8. The lowest BCUT2D eigenvalue weighted by molar-refractivity contribution is -0.118. The van der Waals surface area contributed by atoms with E-state index in [0.717, 1.165) is 0 Å². The Kier molecular flexibility index (Phi) is 5.02. The Bertz CT molecular complexity index is 707. The molecule has 2 rings (SSSR count). The molecule has 0 aliphatic carbocycles. The van der Waals surface area contributed by atoms with Gasteiger partial charge >= 0.3 is 0 Å². The Morgan fingerprint density at radius 2 is 2.14 bits per heavy atom. The number of nitrogens with two attached hydrogens (primary N) is 1. The van der Waals surface area contributed by atoms with E-state index in [-0.39, 0.29) is 18.3 Å². The first-order valence-corrected chi connectivity index (χ1v) is 6.58. The number of carbonyl (C=O) groups excluding carboxylic acids is 1. The molecule has 0 bridgehead atoms. The molecule has 0 atom stereocenters. The van der Waals surface area contributed by atoms with E-state index >= 15 is 0 Å². The summed E-state index contributed by atoms with van der Waals surface area (Å²) < 4.78 is 15.7. The Labute approximate surface area is 127 Å². The van der Waals surface area contributed by atoms with Crippen molar-refractivity contribution in [2.45, 2.75) is 6.92 Å². The predicted molar refractivity (Wildman–Crippen MR) is 84.2 cm³/mol. The molecule has 1 heterocycles. The molecule has 1 aromatic carbocycles. The Balaban J connectivity index is 2.12. The Morgan fingerprint density at radius 1 is 1.41 bits per heavy atom. The summed E-state index contributed by atoms with van der Waals surface area (Å²) in [4.78, 5) is 14.9. The molecule has 2 aromatic rings. The van der Waals surface area contributed by atoms with Gasteiger partial charge in [0.1, 0.15) is 5.82 Å². The third-order valence-electron chi connectivity index (χ3n) is 2.86. The van der Waals surface area contributed by atoms with Crippen LogP contribution < -0.4 is 11.2 Å². The number of rotatable bonds is 5. The number of halogens is 1. The van der Waals surface area contributed by atoms with E-state index in [4.69, 9.17) is 5.84 Å². The van der Waals surface area contributed by atoms with Gasteiger partial charge in [-0.05, 0) is 24.3 Å². The number of hydrogen-bond acceptors (Lipinski definition) is 4. The average molecular weight is 301 g/mol. The van der Waals surface area contributed by atoms with Crippen molar-refractivity contribution in [3.05, 3.63) is 48.5 Å². The summed E-state index contributed by atoms with van der Waals surface area (Å²) in [6.45, 7) is 1.56. The van der Waals surface area contributed by atoms with Gasteiger partial charge in [-0.1, -0.05) is 0 Å². The van der Waals surface area contributed by atoms with Gasteiger partial charge in [0, 0.05) is 25.4 Å². The first-order chi connectivity index (χ1) is 10.6. The van der Waals surface area contributed by atoms with Crippen molar-refractivity contribution in [3.63, 3.8) is 0 Å². The van der Waals surface area contributed by atoms with Crippen molar-refractivity contribution in [1.29, 1.82) is 0 Å². The highest BCUT2D eigenvalue weighted by molar-refractivity contribution is 6.32. The molecule has 0 spiro atoms. The molecule has 0 aliphatic heterocycles. The van der Waals surface area contributed by atoms with E-state index in [1.807, 2.05) is 12.1 Å². The van der Waals surface area contributed by atoms with Gasteiger partial charge in [0.2, 0.25) is 5.91 Å². The number of benzene rings is 1. The van der Waals surface area contributed by atoms with Crippen LogP contribution in [0.5, 0.6) is 0 Å². The van der Waals surface area contributed by atoms with Gasteiger partial charge in [-0.15, -0.1) is 0 Å². The molecule has 1 aromatic heterocycles. The SMILES string of the molecule is CC(=O)NCC(C=Nc1ccc(-n2cccc2)c(F)c1)=NN. The van der Waals surface area contributed by atoms with Gasteiger partial charge in [0.15, 0.2) is 0 Å². The summed E-state index contributed by atoms with van der Waals surface area (Å²) in [5.74, 6) is 4.62. The van der Waals surface area contributed by atoms with E-state index in [0.29, 0.717) is 17.1 Å². The maximum Gasteiger partial charge on any atom is 0.217 e. The van der Waals surface area contributed by atoms with Crippen molar-refractivity contribution in [1.82, 2.24) is 9.88 Å². The number of aromatic nitrogens is 1. The minimum Gasteiger partial charge on any atom is -0.351 e. The van der Waals surface area contributed by atoms with Gasteiger partial charge in [0.05, 0.1) is 29.8 Å². The van der Waals surface area contributed by atoms with Crippen LogP contribution in [0, 0.1) is 5.82 Å². The first kappa shape index (κ1) is 15.4. The zero-order valence-corrected chi connectivity index (χ0v) is 12.0. The van der Waals surface area contributed by atoms with Crippen molar-refractivity contribution < 1.29 is 9.18 Å². The second kappa shape index (κ2) is 7.16. The molecule has 0 aliphatic rings. The number of aliphatic imine (C=N–C) groups is 1. The van der Waals surface area contributed by atoms with Crippen LogP contribution >= 0.6 is 0 Å². The number of amides is 1. The maximum absolute atomic E-state index is 14.1. The summed E-state index contributed by atoms with van der Waals surface area (Å²) in [7, 11) is 0. The average Bonchev–Trinajstić information content (AvgIpc) is 3.01. The number of hydrazone groups is 1. The summed E-state index contributed by atoms with van der Waals surface area (Å²) in [6.07, 6.45) is 4.90. The van der Waals surface area contributed by atoms with Crippen LogP contribution in [0.25, 0.3) is 5.69 Å². The molecule has 0 saturated carbocycles. The van der Waals surface area contributed by atoms with Crippen LogP contribution in [0.3, 0.4) is 0 Å². The molecule has 22 heavy (non-hydrogen) atoms. The standard InChI is InChI=1S/C15H16FN5O/c1-11(22)18-9-13(20-17)10-19-12-4-5-15(14(16)8-12)21-6-2-3-7-21/h2-8,10H,9,17H2,1H3,(H,18,22). The van der Waals surface area contributed by atoms with Crippen LogP contribution in [-0.4, -0.2) is 28.9 Å². The fourth-order valence-electron chi connectivity index (χ4n) is 1.77. The van der Waals surface area contributed by atoms with Gasteiger partial charge in [-0.2, -0.15) is 5.10 Å². The molecule has 0 saturated heterocycles. The molecule has 1 amide bonds. The monoisotopic (exact) mass is 301 g/mol. The second-order valence-corrected chi connectivity index (χ2v) is 4.51. The Hall–Kier alpha value is -2.96. The first-order valence-electron chi connectivity index (χ1n) is 6.58. The fourth-order valence-corrected chi connectivity index (χ4v) is 1.77. The van der Waals surface area contributed by atoms with E-state index in [2.05, 4.69) is 15.4 Å².